The molecule has 1 amide bonds. The van der Waals surface area contributed by atoms with E-state index in [1.54, 1.807) is 0 Å². The summed E-state index contributed by atoms with van der Waals surface area (Å²) < 4.78 is 11.9. The molecule has 0 N–H and O–H groups in total. The first-order valence-corrected chi connectivity index (χ1v) is 14.1. The van der Waals surface area contributed by atoms with Crippen LogP contribution in [0.5, 0.6) is 11.5 Å². The number of benzene rings is 3. The number of aromatic nitrogens is 1. The van der Waals surface area contributed by atoms with Crippen LogP contribution in [-0.2, 0) is 24.3 Å². The van der Waals surface area contributed by atoms with E-state index in [0.29, 0.717) is 13.0 Å². The normalized spacial score (nSPS) is 17.1. The van der Waals surface area contributed by atoms with Crippen LogP contribution in [0.2, 0.25) is 0 Å². The SMILES string of the molecule is CN(Cc1ccc(OCCN2CCN(C(=O)[C@H]3Cc4ccccc4O3)CC2)cc1)Cc1ccc2ncccc2c1. The van der Waals surface area contributed by atoms with Crippen LogP contribution in [0, 0.1) is 0 Å². The summed E-state index contributed by atoms with van der Waals surface area (Å²) in [6, 6.07) is 26.9. The lowest BCUT2D eigenvalue weighted by molar-refractivity contribution is -0.139. The van der Waals surface area contributed by atoms with Gasteiger partial charge in [-0.3, -0.25) is 19.6 Å². The third-order valence-corrected chi connectivity index (χ3v) is 7.78. The van der Waals surface area contributed by atoms with E-state index in [4.69, 9.17) is 9.47 Å². The van der Waals surface area contributed by atoms with Gasteiger partial charge in [-0.2, -0.15) is 0 Å². The molecule has 2 aliphatic heterocycles. The lowest BCUT2D eigenvalue weighted by atomic mass is 10.1. The summed E-state index contributed by atoms with van der Waals surface area (Å²) in [7, 11) is 2.14. The smallest absolute Gasteiger partial charge is 0.264 e. The second-order valence-electron chi connectivity index (χ2n) is 10.8. The van der Waals surface area contributed by atoms with E-state index in [2.05, 4.69) is 70.4 Å². The van der Waals surface area contributed by atoms with Gasteiger partial charge >= 0.3 is 0 Å². The molecule has 2 aliphatic rings. The summed E-state index contributed by atoms with van der Waals surface area (Å²) in [5.74, 6) is 1.84. The standard InChI is InChI=1S/C33H36N4O3/c1-35(24-26-10-13-30-27(21-26)6-4-14-34-30)23-25-8-11-29(12-9-25)39-20-19-36-15-17-37(18-16-36)33(38)32-22-28-5-2-3-7-31(28)40-32/h2-14,21,32H,15-20,22-24H2,1H3/t32-/m1/s1. The minimum absolute atomic E-state index is 0.104. The highest BCUT2D eigenvalue weighted by Crippen LogP contribution is 2.29. The molecule has 0 radical (unpaired) electrons. The Hall–Kier alpha value is -3.94. The topological polar surface area (TPSA) is 58.1 Å². The van der Waals surface area contributed by atoms with Crippen molar-refractivity contribution in [3.8, 4) is 11.5 Å². The van der Waals surface area contributed by atoms with Crippen LogP contribution >= 0.6 is 0 Å². The average molecular weight is 537 g/mol. The fourth-order valence-electron chi connectivity index (χ4n) is 5.60. The first-order chi connectivity index (χ1) is 19.6. The number of carbonyl (C=O) groups is 1. The molecule has 206 valence electrons. The summed E-state index contributed by atoms with van der Waals surface area (Å²) in [5, 5.41) is 1.18. The zero-order valence-electron chi connectivity index (χ0n) is 23.0. The number of ether oxygens (including phenoxy) is 2. The van der Waals surface area contributed by atoms with Crippen LogP contribution in [0.15, 0.2) is 85.1 Å². The Labute approximate surface area is 235 Å². The Morgan fingerprint density at radius 3 is 2.55 bits per heavy atom. The van der Waals surface area contributed by atoms with Crippen LogP contribution < -0.4 is 9.47 Å². The van der Waals surface area contributed by atoms with Gasteiger partial charge in [0.1, 0.15) is 18.1 Å². The maximum atomic E-state index is 13.0. The van der Waals surface area contributed by atoms with E-state index in [0.717, 1.165) is 68.4 Å². The predicted octanol–water partition coefficient (Wildman–Crippen LogP) is 4.39. The molecular formula is C33H36N4O3. The highest BCUT2D eigenvalue weighted by Gasteiger charge is 2.33. The molecule has 1 fully saturated rings. The van der Waals surface area contributed by atoms with Gasteiger partial charge < -0.3 is 14.4 Å². The fourth-order valence-corrected chi connectivity index (χ4v) is 5.60. The number of hydrogen-bond donors (Lipinski definition) is 0. The molecule has 7 nitrogen and oxygen atoms in total. The molecule has 1 atom stereocenters. The van der Waals surface area contributed by atoms with Gasteiger partial charge in [-0.25, -0.2) is 0 Å². The highest BCUT2D eigenvalue weighted by molar-refractivity contribution is 5.83. The number of pyridine rings is 1. The number of amides is 1. The van der Waals surface area contributed by atoms with E-state index < -0.39 is 0 Å². The van der Waals surface area contributed by atoms with Crippen molar-refractivity contribution in [3.05, 3.63) is 102 Å². The van der Waals surface area contributed by atoms with Crippen molar-refractivity contribution >= 4 is 16.8 Å². The molecule has 1 aromatic heterocycles. The second-order valence-corrected chi connectivity index (χ2v) is 10.8. The Morgan fingerprint density at radius 2 is 1.73 bits per heavy atom. The second kappa shape index (κ2) is 12.1. The van der Waals surface area contributed by atoms with Gasteiger partial charge in [0.25, 0.3) is 5.91 Å². The number of hydrogen-bond acceptors (Lipinski definition) is 6. The number of nitrogens with zero attached hydrogens (tertiary/aromatic N) is 4. The highest BCUT2D eigenvalue weighted by atomic mass is 16.5. The van der Waals surface area contributed by atoms with Gasteiger partial charge in [0, 0.05) is 63.8 Å². The quantitative estimate of drug-likeness (QED) is 0.316. The van der Waals surface area contributed by atoms with Crippen LogP contribution in [0.1, 0.15) is 16.7 Å². The van der Waals surface area contributed by atoms with Crippen molar-refractivity contribution in [2.75, 3.05) is 46.4 Å². The molecule has 1 saturated heterocycles. The first-order valence-electron chi connectivity index (χ1n) is 14.1. The van der Waals surface area contributed by atoms with E-state index in [9.17, 15) is 4.79 Å². The minimum atomic E-state index is -0.383. The Bertz CT molecular complexity index is 1420. The van der Waals surface area contributed by atoms with Gasteiger partial charge in [0.05, 0.1) is 5.52 Å². The fraction of sp³-hybridized carbons (Fsp3) is 0.333. The van der Waals surface area contributed by atoms with Crippen LogP contribution in [0.3, 0.4) is 0 Å². The van der Waals surface area contributed by atoms with Crippen molar-refractivity contribution < 1.29 is 14.3 Å². The van der Waals surface area contributed by atoms with Gasteiger partial charge in [-0.05, 0) is 60.1 Å². The molecule has 0 bridgehead atoms. The molecule has 0 unspecified atom stereocenters. The van der Waals surface area contributed by atoms with Crippen molar-refractivity contribution in [1.29, 1.82) is 0 Å². The predicted molar refractivity (Wildman–Crippen MR) is 156 cm³/mol. The van der Waals surface area contributed by atoms with Crippen LogP contribution in [0.25, 0.3) is 10.9 Å². The molecule has 40 heavy (non-hydrogen) atoms. The van der Waals surface area contributed by atoms with Crippen LogP contribution in [-0.4, -0.2) is 78.1 Å². The summed E-state index contributed by atoms with van der Waals surface area (Å²) in [4.78, 5) is 24.0. The molecule has 0 spiro atoms. The number of rotatable bonds is 9. The molecule has 3 aromatic carbocycles. The molecule has 0 saturated carbocycles. The average Bonchev–Trinajstić information content (AvgIpc) is 3.42. The van der Waals surface area contributed by atoms with Gasteiger partial charge in [0.15, 0.2) is 6.10 Å². The van der Waals surface area contributed by atoms with Crippen molar-refractivity contribution in [3.63, 3.8) is 0 Å². The van der Waals surface area contributed by atoms with Crippen LogP contribution in [0.4, 0.5) is 0 Å². The monoisotopic (exact) mass is 536 g/mol. The van der Waals surface area contributed by atoms with Gasteiger partial charge in [0.2, 0.25) is 0 Å². The van der Waals surface area contributed by atoms with E-state index in [-0.39, 0.29) is 12.0 Å². The minimum Gasteiger partial charge on any atom is -0.492 e. The van der Waals surface area contributed by atoms with E-state index in [1.165, 1.54) is 16.5 Å². The number of carbonyl (C=O) groups excluding carboxylic acids is 1. The lowest BCUT2D eigenvalue weighted by Gasteiger charge is -2.35. The maximum absolute atomic E-state index is 13.0. The Kier molecular flexibility index (Phi) is 7.93. The van der Waals surface area contributed by atoms with Gasteiger partial charge in [-0.1, -0.05) is 42.5 Å². The van der Waals surface area contributed by atoms with Crippen molar-refractivity contribution in [1.82, 2.24) is 19.7 Å². The lowest BCUT2D eigenvalue weighted by Crippen LogP contribution is -2.52. The molecule has 7 heteroatoms. The van der Waals surface area contributed by atoms with E-state index in [1.807, 2.05) is 41.4 Å². The zero-order valence-corrected chi connectivity index (χ0v) is 23.0. The number of fused-ring (bicyclic) bond motifs is 2. The zero-order chi connectivity index (χ0) is 27.3. The third kappa shape index (κ3) is 6.27. The molecule has 0 aliphatic carbocycles. The molecular weight excluding hydrogens is 500 g/mol. The van der Waals surface area contributed by atoms with Crippen molar-refractivity contribution in [2.24, 2.45) is 0 Å². The summed E-state index contributed by atoms with van der Waals surface area (Å²) in [6.07, 6.45) is 2.12. The van der Waals surface area contributed by atoms with Gasteiger partial charge in [-0.15, -0.1) is 0 Å². The number of piperazine rings is 1. The first kappa shape index (κ1) is 26.3. The number of para-hydroxylation sites is 1. The Morgan fingerprint density at radius 1 is 0.950 bits per heavy atom. The maximum Gasteiger partial charge on any atom is 0.264 e. The van der Waals surface area contributed by atoms with Crippen molar-refractivity contribution in [2.45, 2.75) is 25.6 Å². The summed E-state index contributed by atoms with van der Waals surface area (Å²) in [5.41, 5.74) is 4.69. The third-order valence-electron chi connectivity index (χ3n) is 7.78. The van der Waals surface area contributed by atoms with E-state index >= 15 is 0 Å². The summed E-state index contributed by atoms with van der Waals surface area (Å²) in [6.45, 7) is 6.39. The largest absolute Gasteiger partial charge is 0.492 e. The molecule has 4 aromatic rings. The Balaban J connectivity index is 0.902. The molecule has 3 heterocycles. The summed E-state index contributed by atoms with van der Waals surface area (Å²) >= 11 is 0. The molecule has 6 rings (SSSR count).